The Labute approximate surface area is 152 Å². The minimum atomic E-state index is -0.477. The predicted octanol–water partition coefficient (Wildman–Crippen LogP) is 3.25. The van der Waals surface area contributed by atoms with Gasteiger partial charge in [-0.05, 0) is 24.4 Å². The number of rotatable bonds is 4. The van der Waals surface area contributed by atoms with E-state index in [9.17, 15) is 14.9 Å². The average molecular weight is 370 g/mol. The summed E-state index contributed by atoms with van der Waals surface area (Å²) in [4.78, 5) is 30.2. The summed E-state index contributed by atoms with van der Waals surface area (Å²) in [7, 11) is 0. The third-order valence-corrected chi connectivity index (χ3v) is 5.30. The Balaban J connectivity index is 1.46. The maximum Gasteiger partial charge on any atom is 0.273 e. The maximum atomic E-state index is 12.6. The fourth-order valence-corrected chi connectivity index (χ4v) is 3.58. The van der Waals surface area contributed by atoms with Gasteiger partial charge in [0.2, 0.25) is 11.7 Å². The van der Waals surface area contributed by atoms with E-state index in [1.807, 2.05) is 17.5 Å². The summed E-state index contributed by atoms with van der Waals surface area (Å²) < 4.78 is 5.32. The SMILES string of the molecule is Cc1c(C(=O)N2CC(c3nc(-c4cccs4)no3)C2)cccc1[N+](=O)[O-]. The van der Waals surface area contributed by atoms with Crippen LogP contribution in [0.1, 0.15) is 27.7 Å². The summed E-state index contributed by atoms with van der Waals surface area (Å²) >= 11 is 1.53. The topological polar surface area (TPSA) is 102 Å². The third kappa shape index (κ3) is 2.76. The van der Waals surface area contributed by atoms with E-state index in [0.717, 1.165) is 4.88 Å². The van der Waals surface area contributed by atoms with Crippen molar-refractivity contribution in [2.24, 2.45) is 0 Å². The van der Waals surface area contributed by atoms with E-state index >= 15 is 0 Å². The Morgan fingerprint density at radius 3 is 2.85 bits per heavy atom. The van der Waals surface area contributed by atoms with Gasteiger partial charge in [-0.3, -0.25) is 14.9 Å². The van der Waals surface area contributed by atoms with E-state index in [1.54, 1.807) is 17.9 Å². The van der Waals surface area contributed by atoms with Gasteiger partial charge in [0, 0.05) is 30.3 Å². The fraction of sp³-hybridized carbons (Fsp3) is 0.235. The van der Waals surface area contributed by atoms with Crippen LogP contribution >= 0.6 is 11.3 Å². The van der Waals surface area contributed by atoms with Crippen LogP contribution in [0, 0.1) is 17.0 Å². The molecule has 1 saturated heterocycles. The molecule has 3 heterocycles. The van der Waals surface area contributed by atoms with Crippen LogP contribution in [0.5, 0.6) is 0 Å². The van der Waals surface area contributed by atoms with Crippen molar-refractivity contribution in [3.05, 3.63) is 62.8 Å². The summed E-state index contributed by atoms with van der Waals surface area (Å²) in [5.41, 5.74) is 0.677. The van der Waals surface area contributed by atoms with Gasteiger partial charge in [0.1, 0.15) is 0 Å². The molecular weight excluding hydrogens is 356 g/mol. The molecule has 4 rings (SSSR count). The highest BCUT2D eigenvalue weighted by atomic mass is 32.1. The van der Waals surface area contributed by atoms with E-state index in [0.29, 0.717) is 35.9 Å². The highest BCUT2D eigenvalue weighted by molar-refractivity contribution is 7.13. The Bertz CT molecular complexity index is 977. The summed E-state index contributed by atoms with van der Waals surface area (Å²) in [6.07, 6.45) is 0. The Hall–Kier alpha value is -3.07. The lowest BCUT2D eigenvalue weighted by Crippen LogP contribution is -2.48. The molecule has 0 radical (unpaired) electrons. The number of likely N-dealkylation sites (tertiary alicyclic amines) is 1. The van der Waals surface area contributed by atoms with E-state index < -0.39 is 4.92 Å². The van der Waals surface area contributed by atoms with Gasteiger partial charge in [-0.2, -0.15) is 4.98 Å². The van der Waals surface area contributed by atoms with Crippen LogP contribution in [0.25, 0.3) is 10.7 Å². The molecule has 2 aromatic heterocycles. The summed E-state index contributed by atoms with van der Waals surface area (Å²) in [5, 5.41) is 17.0. The zero-order valence-electron chi connectivity index (χ0n) is 13.8. The smallest absolute Gasteiger partial charge is 0.273 e. The quantitative estimate of drug-likeness (QED) is 0.516. The van der Waals surface area contributed by atoms with Gasteiger partial charge in [-0.1, -0.05) is 17.3 Å². The first-order chi connectivity index (χ1) is 12.5. The number of thiophene rings is 1. The van der Waals surface area contributed by atoms with Gasteiger partial charge in [0.15, 0.2) is 0 Å². The normalized spacial score (nSPS) is 14.3. The molecule has 1 aliphatic rings. The van der Waals surface area contributed by atoms with Gasteiger partial charge in [0.05, 0.1) is 15.7 Å². The number of nitro groups is 1. The minimum absolute atomic E-state index is 0.0147. The number of aromatic nitrogens is 2. The molecule has 0 N–H and O–H groups in total. The number of benzene rings is 1. The molecule has 1 aromatic carbocycles. The van der Waals surface area contributed by atoms with Gasteiger partial charge >= 0.3 is 0 Å². The predicted molar refractivity (Wildman–Crippen MR) is 94.1 cm³/mol. The molecule has 0 aliphatic carbocycles. The second-order valence-corrected chi connectivity index (χ2v) is 7.00. The number of carbonyl (C=O) groups is 1. The van der Waals surface area contributed by atoms with Crippen molar-refractivity contribution < 1.29 is 14.2 Å². The zero-order valence-corrected chi connectivity index (χ0v) is 14.6. The largest absolute Gasteiger partial charge is 0.339 e. The van der Waals surface area contributed by atoms with Gasteiger partial charge < -0.3 is 9.42 Å². The molecule has 132 valence electrons. The van der Waals surface area contributed by atoms with Crippen molar-refractivity contribution >= 4 is 22.9 Å². The molecule has 8 nitrogen and oxygen atoms in total. The van der Waals surface area contributed by atoms with Crippen molar-refractivity contribution in [2.45, 2.75) is 12.8 Å². The number of nitro benzene ring substituents is 1. The number of nitrogens with zero attached hydrogens (tertiary/aromatic N) is 4. The maximum absolute atomic E-state index is 12.6. The lowest BCUT2D eigenvalue weighted by molar-refractivity contribution is -0.385. The number of hydrogen-bond donors (Lipinski definition) is 0. The first-order valence-electron chi connectivity index (χ1n) is 7.95. The lowest BCUT2D eigenvalue weighted by Gasteiger charge is -2.37. The van der Waals surface area contributed by atoms with Crippen LogP contribution < -0.4 is 0 Å². The van der Waals surface area contributed by atoms with Crippen molar-refractivity contribution in [2.75, 3.05) is 13.1 Å². The Kier molecular flexibility index (Phi) is 4.00. The van der Waals surface area contributed by atoms with Crippen molar-refractivity contribution in [3.8, 4) is 10.7 Å². The first kappa shape index (κ1) is 16.4. The van der Waals surface area contributed by atoms with Crippen molar-refractivity contribution in [3.63, 3.8) is 0 Å². The number of hydrogen-bond acceptors (Lipinski definition) is 7. The first-order valence-corrected chi connectivity index (χ1v) is 8.83. The highest BCUT2D eigenvalue weighted by Crippen LogP contribution is 2.31. The number of amides is 1. The summed E-state index contributed by atoms with van der Waals surface area (Å²) in [6.45, 7) is 2.49. The molecule has 1 fully saturated rings. The van der Waals surface area contributed by atoms with Crippen LogP contribution in [0.3, 0.4) is 0 Å². The average Bonchev–Trinajstić information content (AvgIpc) is 3.24. The molecule has 1 aliphatic heterocycles. The molecule has 9 heteroatoms. The minimum Gasteiger partial charge on any atom is -0.339 e. The van der Waals surface area contributed by atoms with E-state index in [1.165, 1.54) is 23.5 Å². The molecule has 3 aromatic rings. The number of carbonyl (C=O) groups excluding carboxylic acids is 1. The van der Waals surface area contributed by atoms with Gasteiger partial charge in [0.25, 0.3) is 11.6 Å². The Morgan fingerprint density at radius 2 is 2.15 bits per heavy atom. The van der Waals surface area contributed by atoms with Crippen LogP contribution in [-0.2, 0) is 0 Å². The van der Waals surface area contributed by atoms with E-state index in [-0.39, 0.29) is 17.5 Å². The van der Waals surface area contributed by atoms with Crippen LogP contribution in [-0.4, -0.2) is 39.0 Å². The molecule has 0 bridgehead atoms. The zero-order chi connectivity index (χ0) is 18.3. The molecule has 0 saturated carbocycles. The van der Waals surface area contributed by atoms with Crippen LogP contribution in [0.4, 0.5) is 5.69 Å². The lowest BCUT2D eigenvalue weighted by atomic mass is 9.97. The van der Waals surface area contributed by atoms with E-state index in [4.69, 9.17) is 4.52 Å². The monoisotopic (exact) mass is 370 g/mol. The molecule has 0 spiro atoms. The standard InChI is InChI=1S/C17H14N4O4S/c1-10-12(4-2-5-13(10)21(23)24)17(22)20-8-11(9-20)16-18-15(19-25-16)14-6-3-7-26-14/h2-7,11H,8-9H2,1H3. The molecule has 0 atom stereocenters. The van der Waals surface area contributed by atoms with Crippen LogP contribution in [0.15, 0.2) is 40.2 Å². The van der Waals surface area contributed by atoms with Crippen molar-refractivity contribution in [1.82, 2.24) is 15.0 Å². The molecule has 0 unspecified atom stereocenters. The van der Waals surface area contributed by atoms with E-state index in [2.05, 4.69) is 10.1 Å². The molecular formula is C17H14N4O4S. The molecule has 1 amide bonds. The Morgan fingerprint density at radius 1 is 1.35 bits per heavy atom. The highest BCUT2D eigenvalue weighted by Gasteiger charge is 2.37. The second-order valence-electron chi connectivity index (χ2n) is 6.05. The summed E-state index contributed by atoms with van der Waals surface area (Å²) in [5.74, 6) is 0.821. The van der Waals surface area contributed by atoms with Crippen molar-refractivity contribution in [1.29, 1.82) is 0 Å². The molecule has 26 heavy (non-hydrogen) atoms. The van der Waals surface area contributed by atoms with Gasteiger partial charge in [-0.25, -0.2) is 0 Å². The second kappa shape index (κ2) is 6.34. The third-order valence-electron chi connectivity index (χ3n) is 4.43. The fourth-order valence-electron chi connectivity index (χ4n) is 2.93. The summed E-state index contributed by atoms with van der Waals surface area (Å²) in [6, 6.07) is 8.37. The van der Waals surface area contributed by atoms with Gasteiger partial charge in [-0.15, -0.1) is 11.3 Å². The van der Waals surface area contributed by atoms with Crippen LogP contribution in [0.2, 0.25) is 0 Å².